The van der Waals surface area contributed by atoms with E-state index < -0.39 is 0 Å². The Morgan fingerprint density at radius 2 is 1.29 bits per heavy atom. The van der Waals surface area contributed by atoms with Crippen molar-refractivity contribution >= 4 is 42.8 Å². The lowest BCUT2D eigenvalue weighted by Gasteiger charge is -1.94. The summed E-state index contributed by atoms with van der Waals surface area (Å²) in [5.74, 6) is 0. The van der Waals surface area contributed by atoms with Crippen molar-refractivity contribution in [3.05, 3.63) is 34.0 Å². The minimum Gasteiger partial charge on any atom is -0.143 e. The van der Waals surface area contributed by atoms with Gasteiger partial charge in [0.2, 0.25) is 0 Å². The predicted molar refractivity (Wildman–Crippen MR) is 66.7 cm³/mol. The van der Waals surface area contributed by atoms with Crippen molar-refractivity contribution in [3.8, 4) is 0 Å². The van der Waals surface area contributed by atoms with Crippen LogP contribution in [0.5, 0.6) is 0 Å². The van der Waals surface area contributed by atoms with Crippen LogP contribution in [0.1, 0.15) is 11.1 Å². The summed E-state index contributed by atoms with van der Waals surface area (Å²) in [6, 6.07) is 4.66. The summed E-state index contributed by atoms with van der Waals surface area (Å²) in [4.78, 5) is 0. The summed E-state index contributed by atoms with van der Waals surface area (Å²) in [6.45, 7) is 4.37. The van der Waals surface area contributed by atoms with E-state index in [9.17, 15) is 0 Å². The third-order valence-electron chi connectivity index (χ3n) is 2.66. The molecular weight excluding hydrogens is 208 g/mol. The van der Waals surface area contributed by atoms with Crippen LogP contribution in [-0.2, 0) is 0 Å². The van der Waals surface area contributed by atoms with Gasteiger partial charge in [-0.1, -0.05) is 0 Å². The molecule has 2 heteroatoms. The molecule has 0 bridgehead atoms. The molecule has 0 saturated heterocycles. The fraction of sp³-hybridized carbons (Fsp3) is 0.167. The van der Waals surface area contributed by atoms with E-state index in [0.717, 1.165) is 0 Å². The molecule has 2 aromatic heterocycles. The Kier molecular flexibility index (Phi) is 1.70. The van der Waals surface area contributed by atoms with Crippen LogP contribution in [0.4, 0.5) is 0 Å². The van der Waals surface area contributed by atoms with Crippen LogP contribution in [0, 0.1) is 13.8 Å². The largest absolute Gasteiger partial charge is 0.143 e. The number of benzene rings is 1. The highest BCUT2D eigenvalue weighted by Gasteiger charge is 2.05. The van der Waals surface area contributed by atoms with Gasteiger partial charge in [0.05, 0.1) is 0 Å². The fourth-order valence-corrected chi connectivity index (χ4v) is 3.80. The molecule has 0 N–H and O–H groups in total. The van der Waals surface area contributed by atoms with Gasteiger partial charge in [0.1, 0.15) is 0 Å². The number of fused-ring (bicyclic) bond motifs is 2. The standard InChI is InChI=1S/C12H10S2/c1-7-5-13-11-4-12-10(3-9(7)11)8(2)6-14-12/h3-6H,1-2H3. The van der Waals surface area contributed by atoms with Gasteiger partial charge in [0.15, 0.2) is 0 Å². The third kappa shape index (κ3) is 1.04. The van der Waals surface area contributed by atoms with E-state index in [-0.39, 0.29) is 0 Å². The van der Waals surface area contributed by atoms with Gasteiger partial charge in [0, 0.05) is 9.40 Å². The average Bonchev–Trinajstić information content (AvgIpc) is 2.71. The maximum absolute atomic E-state index is 2.34. The minimum absolute atomic E-state index is 1.40. The van der Waals surface area contributed by atoms with Crippen LogP contribution >= 0.6 is 22.7 Å². The first-order valence-corrected chi connectivity index (χ1v) is 6.37. The molecule has 0 fully saturated rings. The van der Waals surface area contributed by atoms with E-state index in [4.69, 9.17) is 0 Å². The number of rotatable bonds is 0. The molecule has 0 aliphatic heterocycles. The van der Waals surface area contributed by atoms with E-state index in [2.05, 4.69) is 36.7 Å². The molecule has 0 aliphatic rings. The van der Waals surface area contributed by atoms with Crippen molar-refractivity contribution < 1.29 is 0 Å². The van der Waals surface area contributed by atoms with Gasteiger partial charge in [-0.2, -0.15) is 0 Å². The third-order valence-corrected chi connectivity index (χ3v) is 4.78. The first kappa shape index (κ1) is 8.45. The second-order valence-corrected chi connectivity index (χ2v) is 5.50. The van der Waals surface area contributed by atoms with Crippen molar-refractivity contribution in [1.82, 2.24) is 0 Å². The van der Waals surface area contributed by atoms with Crippen molar-refractivity contribution in [2.75, 3.05) is 0 Å². The maximum atomic E-state index is 2.34. The SMILES string of the molecule is Cc1csc2cc3scc(C)c3cc12. The fourth-order valence-electron chi connectivity index (χ4n) is 1.80. The van der Waals surface area contributed by atoms with E-state index in [1.54, 1.807) is 0 Å². The van der Waals surface area contributed by atoms with Crippen molar-refractivity contribution in [2.45, 2.75) is 13.8 Å². The molecule has 0 aliphatic carbocycles. The zero-order valence-corrected chi connectivity index (χ0v) is 9.76. The van der Waals surface area contributed by atoms with E-state index in [1.165, 1.54) is 31.3 Å². The summed E-state index contributed by atoms with van der Waals surface area (Å²) in [7, 11) is 0. The van der Waals surface area contributed by atoms with Gasteiger partial charge in [-0.15, -0.1) is 22.7 Å². The molecule has 1 aromatic carbocycles. The minimum atomic E-state index is 1.40. The predicted octanol–water partition coefficient (Wildman–Crippen LogP) is 4.73. The summed E-state index contributed by atoms with van der Waals surface area (Å²) >= 11 is 3.69. The molecular formula is C12H10S2. The highest BCUT2D eigenvalue weighted by atomic mass is 32.1. The zero-order valence-electron chi connectivity index (χ0n) is 8.13. The van der Waals surface area contributed by atoms with Gasteiger partial charge >= 0.3 is 0 Å². The molecule has 0 unspecified atom stereocenters. The molecule has 0 atom stereocenters. The summed E-state index contributed by atoms with van der Waals surface area (Å²) < 4.78 is 2.83. The van der Waals surface area contributed by atoms with Crippen LogP contribution in [0.25, 0.3) is 20.2 Å². The Morgan fingerprint density at radius 3 is 1.79 bits per heavy atom. The van der Waals surface area contributed by atoms with E-state index in [1.807, 2.05) is 22.7 Å². The van der Waals surface area contributed by atoms with Crippen LogP contribution in [0.3, 0.4) is 0 Å². The zero-order chi connectivity index (χ0) is 9.71. The second kappa shape index (κ2) is 2.81. The monoisotopic (exact) mass is 218 g/mol. The number of thiophene rings is 2. The van der Waals surface area contributed by atoms with Gasteiger partial charge in [-0.05, 0) is 58.6 Å². The van der Waals surface area contributed by atoms with Crippen molar-refractivity contribution in [3.63, 3.8) is 0 Å². The Labute approximate surface area is 90.8 Å². The molecule has 0 saturated carbocycles. The lowest BCUT2D eigenvalue weighted by Crippen LogP contribution is -1.70. The summed E-state index contributed by atoms with van der Waals surface area (Å²) in [6.07, 6.45) is 0. The molecule has 2 heterocycles. The van der Waals surface area contributed by atoms with Gasteiger partial charge in [0.25, 0.3) is 0 Å². The first-order valence-electron chi connectivity index (χ1n) is 4.61. The molecule has 0 nitrogen and oxygen atoms in total. The smallest absolute Gasteiger partial charge is 0.0359 e. The summed E-state index contributed by atoms with van der Waals surface area (Å²) in [5.41, 5.74) is 2.80. The Bertz CT molecular complexity index is 562. The highest BCUT2D eigenvalue weighted by molar-refractivity contribution is 7.19. The molecule has 0 amide bonds. The van der Waals surface area contributed by atoms with Crippen LogP contribution in [0.2, 0.25) is 0 Å². The Hall–Kier alpha value is -0.860. The molecule has 3 aromatic rings. The molecule has 0 radical (unpaired) electrons. The van der Waals surface area contributed by atoms with Crippen molar-refractivity contribution in [2.24, 2.45) is 0 Å². The lowest BCUT2D eigenvalue weighted by molar-refractivity contribution is 1.59. The van der Waals surface area contributed by atoms with E-state index in [0.29, 0.717) is 0 Å². The van der Waals surface area contributed by atoms with Gasteiger partial charge in [-0.25, -0.2) is 0 Å². The van der Waals surface area contributed by atoms with Crippen LogP contribution in [-0.4, -0.2) is 0 Å². The van der Waals surface area contributed by atoms with Gasteiger partial charge in [-0.3, -0.25) is 0 Å². The summed E-state index contributed by atoms with van der Waals surface area (Å²) in [5, 5.41) is 7.32. The Balaban J connectivity index is 2.57. The number of aryl methyl sites for hydroxylation is 2. The normalized spacial score (nSPS) is 11.6. The van der Waals surface area contributed by atoms with E-state index >= 15 is 0 Å². The number of hydrogen-bond donors (Lipinski definition) is 0. The maximum Gasteiger partial charge on any atom is 0.0359 e. The Morgan fingerprint density at radius 1 is 0.786 bits per heavy atom. The highest BCUT2D eigenvalue weighted by Crippen LogP contribution is 2.34. The molecule has 70 valence electrons. The molecule has 3 rings (SSSR count). The van der Waals surface area contributed by atoms with Crippen LogP contribution < -0.4 is 0 Å². The first-order chi connectivity index (χ1) is 6.75. The molecule has 0 spiro atoms. The average molecular weight is 218 g/mol. The van der Waals surface area contributed by atoms with Crippen LogP contribution in [0.15, 0.2) is 22.9 Å². The number of hydrogen-bond acceptors (Lipinski definition) is 2. The topological polar surface area (TPSA) is 0 Å². The van der Waals surface area contributed by atoms with Gasteiger partial charge < -0.3 is 0 Å². The molecule has 14 heavy (non-hydrogen) atoms. The quantitative estimate of drug-likeness (QED) is 0.511. The van der Waals surface area contributed by atoms with Crippen molar-refractivity contribution in [1.29, 1.82) is 0 Å². The lowest BCUT2D eigenvalue weighted by atomic mass is 10.1. The second-order valence-electron chi connectivity index (χ2n) is 3.68.